The first-order chi connectivity index (χ1) is 5.61. The normalized spacial score (nSPS) is 14.7. The van der Waals surface area contributed by atoms with Crippen LogP contribution in [0.2, 0.25) is 0 Å². The largest absolute Gasteiger partial charge is 0.479 e. The topological polar surface area (TPSA) is 110 Å². The molecule has 6 nitrogen and oxygen atoms in total. The third-order valence-electron chi connectivity index (χ3n) is 1.51. The number of nitrogens with two attached hydrogens (primary N) is 1. The number of hydrogen-bond donors (Lipinski definition) is 3. The molecule has 0 atom stereocenters. The molecular weight excluding hydrogens is 164 g/mol. The van der Waals surface area contributed by atoms with Crippen molar-refractivity contribution in [1.29, 1.82) is 5.41 Å². The number of fused-ring (bicyclic) bond motifs is 1. The quantitative estimate of drug-likeness (QED) is 0.467. The predicted octanol–water partition coefficient (Wildman–Crippen LogP) is -0.146. The van der Waals surface area contributed by atoms with E-state index in [1.165, 1.54) is 0 Å². The summed E-state index contributed by atoms with van der Waals surface area (Å²) < 4.78 is 9.13. The van der Waals surface area contributed by atoms with E-state index in [0.29, 0.717) is 0 Å². The van der Waals surface area contributed by atoms with Crippen LogP contribution in [0.25, 0.3) is 0 Å². The number of aromatic hydroxyl groups is 1. The summed E-state index contributed by atoms with van der Waals surface area (Å²) in [4.78, 5) is 10.7. The number of furan rings is 1. The van der Waals surface area contributed by atoms with Gasteiger partial charge >= 0.3 is 11.9 Å². The minimum absolute atomic E-state index is 0.0671. The fraction of sp³-hybridized carbons (Fsp3) is 0. The van der Waals surface area contributed by atoms with Crippen molar-refractivity contribution in [2.45, 2.75) is 0 Å². The van der Waals surface area contributed by atoms with Gasteiger partial charge in [-0.25, -0.2) is 4.79 Å². The van der Waals surface area contributed by atoms with E-state index in [9.17, 15) is 4.79 Å². The molecule has 0 saturated carbocycles. The monoisotopic (exact) mass is 168 g/mol. The van der Waals surface area contributed by atoms with Gasteiger partial charge in [-0.1, -0.05) is 0 Å². The average Bonchev–Trinajstić information content (AvgIpc) is 2.43. The number of hydrogen-bond acceptors (Lipinski definition) is 6. The van der Waals surface area contributed by atoms with E-state index in [2.05, 4.69) is 9.15 Å². The summed E-state index contributed by atoms with van der Waals surface area (Å²) in [6, 6.07) is 0. The number of esters is 1. The second-order valence-electron chi connectivity index (χ2n) is 2.24. The molecular formula is C6H4N2O4. The fourth-order valence-corrected chi connectivity index (χ4v) is 0.920. The van der Waals surface area contributed by atoms with Gasteiger partial charge in [-0.3, -0.25) is 5.41 Å². The molecule has 4 N–H and O–H groups in total. The zero-order valence-corrected chi connectivity index (χ0v) is 5.75. The van der Waals surface area contributed by atoms with Crippen LogP contribution in [0.1, 0.15) is 5.76 Å². The predicted molar refractivity (Wildman–Crippen MR) is 37.2 cm³/mol. The first kappa shape index (κ1) is 6.71. The number of carbonyl (C=O) groups is 1. The SMILES string of the molecule is N=C1C(=O)Oc2c1oc(O)c2N. The summed E-state index contributed by atoms with van der Waals surface area (Å²) in [5, 5.41) is 16.0. The van der Waals surface area contributed by atoms with Gasteiger partial charge in [0.25, 0.3) is 0 Å². The number of anilines is 1. The minimum Gasteiger partial charge on any atom is -0.479 e. The van der Waals surface area contributed by atoms with E-state index >= 15 is 0 Å². The highest BCUT2D eigenvalue weighted by molar-refractivity contribution is 6.45. The summed E-state index contributed by atoms with van der Waals surface area (Å²) in [5.74, 6) is -1.54. The first-order valence-corrected chi connectivity index (χ1v) is 3.03. The number of rotatable bonds is 0. The third kappa shape index (κ3) is 0.584. The smallest absolute Gasteiger partial charge is 0.365 e. The lowest BCUT2D eigenvalue weighted by Crippen LogP contribution is -2.11. The van der Waals surface area contributed by atoms with Crippen molar-refractivity contribution in [3.63, 3.8) is 0 Å². The highest BCUT2D eigenvalue weighted by atomic mass is 16.6. The summed E-state index contributed by atoms with van der Waals surface area (Å²) in [7, 11) is 0. The Balaban J connectivity index is 2.67. The Hall–Kier alpha value is -1.98. The van der Waals surface area contributed by atoms with Crippen molar-refractivity contribution in [3.8, 4) is 11.7 Å². The molecule has 0 saturated heterocycles. The Bertz CT molecular complexity index is 392. The molecule has 0 aliphatic carbocycles. The van der Waals surface area contributed by atoms with Crippen LogP contribution in [-0.2, 0) is 4.79 Å². The maximum Gasteiger partial charge on any atom is 0.365 e. The third-order valence-corrected chi connectivity index (χ3v) is 1.51. The molecule has 2 heterocycles. The van der Waals surface area contributed by atoms with Gasteiger partial charge < -0.3 is 20.0 Å². The maximum atomic E-state index is 10.7. The van der Waals surface area contributed by atoms with E-state index in [-0.39, 0.29) is 17.2 Å². The Kier molecular flexibility index (Phi) is 0.999. The molecule has 2 rings (SSSR count). The zero-order valence-electron chi connectivity index (χ0n) is 5.75. The summed E-state index contributed by atoms with van der Waals surface area (Å²) in [6.45, 7) is 0. The van der Waals surface area contributed by atoms with Crippen LogP contribution in [0.5, 0.6) is 11.7 Å². The number of nitrogens with one attached hydrogen (secondary N) is 1. The average molecular weight is 168 g/mol. The lowest BCUT2D eigenvalue weighted by Gasteiger charge is -1.91. The van der Waals surface area contributed by atoms with Gasteiger partial charge in [0.15, 0.2) is 11.4 Å². The summed E-state index contributed by atoms with van der Waals surface area (Å²) >= 11 is 0. The Morgan fingerprint density at radius 3 is 2.75 bits per heavy atom. The van der Waals surface area contributed by atoms with Crippen molar-refractivity contribution in [1.82, 2.24) is 0 Å². The van der Waals surface area contributed by atoms with Crippen molar-refractivity contribution in [3.05, 3.63) is 5.76 Å². The molecule has 0 amide bonds. The molecule has 1 aliphatic heterocycles. The molecule has 6 heteroatoms. The van der Waals surface area contributed by atoms with Gasteiger partial charge in [0.1, 0.15) is 0 Å². The van der Waals surface area contributed by atoms with Crippen LogP contribution in [0, 0.1) is 5.41 Å². The van der Waals surface area contributed by atoms with Gasteiger partial charge in [-0.05, 0) is 0 Å². The molecule has 0 bridgehead atoms. The van der Waals surface area contributed by atoms with Gasteiger partial charge in [-0.15, -0.1) is 0 Å². The Labute approximate surface area is 66.0 Å². The Morgan fingerprint density at radius 2 is 2.17 bits per heavy atom. The van der Waals surface area contributed by atoms with Gasteiger partial charge in [0.2, 0.25) is 11.5 Å². The molecule has 62 valence electrons. The number of nitrogen functional groups attached to an aromatic ring is 1. The second-order valence-corrected chi connectivity index (χ2v) is 2.24. The van der Waals surface area contributed by atoms with Crippen LogP contribution in [0.3, 0.4) is 0 Å². The lowest BCUT2D eigenvalue weighted by atomic mass is 10.3. The van der Waals surface area contributed by atoms with E-state index in [1.54, 1.807) is 0 Å². The fourth-order valence-electron chi connectivity index (χ4n) is 0.920. The van der Waals surface area contributed by atoms with Crippen LogP contribution in [-0.4, -0.2) is 16.8 Å². The molecule has 0 unspecified atom stereocenters. The molecule has 1 aromatic heterocycles. The van der Waals surface area contributed by atoms with E-state index in [0.717, 1.165) is 0 Å². The molecule has 0 radical (unpaired) electrons. The number of carbonyl (C=O) groups excluding carboxylic acids is 1. The van der Waals surface area contributed by atoms with E-state index in [1.807, 2.05) is 0 Å². The van der Waals surface area contributed by atoms with E-state index in [4.69, 9.17) is 16.2 Å². The van der Waals surface area contributed by atoms with Crippen LogP contribution in [0.15, 0.2) is 4.42 Å². The molecule has 1 aliphatic rings. The zero-order chi connectivity index (χ0) is 8.88. The molecule has 0 spiro atoms. The van der Waals surface area contributed by atoms with Crippen LogP contribution >= 0.6 is 0 Å². The van der Waals surface area contributed by atoms with Crippen molar-refractivity contribution < 1.29 is 19.1 Å². The van der Waals surface area contributed by atoms with Crippen LogP contribution < -0.4 is 10.5 Å². The summed E-state index contributed by atoms with van der Waals surface area (Å²) in [6.07, 6.45) is 0. The molecule has 12 heavy (non-hydrogen) atoms. The molecule has 0 aromatic carbocycles. The first-order valence-electron chi connectivity index (χ1n) is 3.03. The Morgan fingerprint density at radius 1 is 1.50 bits per heavy atom. The van der Waals surface area contributed by atoms with Crippen LogP contribution in [0.4, 0.5) is 5.69 Å². The maximum absolute atomic E-state index is 10.7. The second kappa shape index (κ2) is 1.79. The van der Waals surface area contributed by atoms with Crippen molar-refractivity contribution in [2.24, 2.45) is 0 Å². The highest BCUT2D eigenvalue weighted by Crippen LogP contribution is 2.41. The molecule has 0 fully saturated rings. The number of ether oxygens (including phenoxy) is 1. The highest BCUT2D eigenvalue weighted by Gasteiger charge is 2.35. The van der Waals surface area contributed by atoms with Gasteiger partial charge in [0.05, 0.1) is 0 Å². The lowest BCUT2D eigenvalue weighted by molar-refractivity contribution is -0.126. The van der Waals surface area contributed by atoms with E-state index < -0.39 is 17.6 Å². The molecule has 1 aromatic rings. The van der Waals surface area contributed by atoms with Gasteiger partial charge in [-0.2, -0.15) is 0 Å². The minimum atomic E-state index is -0.824. The standard InChI is InChI=1S/C6H4N2O4/c7-1-3-4(12-5(1)9)2(8)6(10)11-3/h7,10H,8H2. The van der Waals surface area contributed by atoms with Crippen molar-refractivity contribution in [2.75, 3.05) is 5.73 Å². The van der Waals surface area contributed by atoms with Gasteiger partial charge in [0, 0.05) is 0 Å². The van der Waals surface area contributed by atoms with Crippen molar-refractivity contribution >= 4 is 17.4 Å². The summed E-state index contributed by atoms with van der Waals surface area (Å²) in [5.41, 5.74) is 4.68.